The lowest BCUT2D eigenvalue weighted by molar-refractivity contribution is -0.144. The Kier molecular flexibility index (Phi) is 4.41. The molecule has 1 heterocycles. The average molecular weight is 360 g/mol. The number of carbonyl (C=O) groups is 3. The van der Waals surface area contributed by atoms with Gasteiger partial charge in [0, 0.05) is 11.0 Å². The van der Waals surface area contributed by atoms with Gasteiger partial charge in [0.25, 0.3) is 0 Å². The maximum Gasteiger partial charge on any atom is 0.328 e. The number of urea groups is 1. The minimum absolute atomic E-state index is 0.0988. The number of carboxylic acid groups (broad SMARTS) is 1. The van der Waals surface area contributed by atoms with E-state index in [-0.39, 0.29) is 12.2 Å². The third kappa shape index (κ3) is 3.48. The van der Waals surface area contributed by atoms with Crippen LogP contribution in [0.15, 0.2) is 22.7 Å². The molecule has 7 nitrogen and oxygen atoms in total. The van der Waals surface area contributed by atoms with Crippen LogP contribution >= 0.6 is 15.9 Å². The number of hydrogen-bond donors (Lipinski definition) is 3. The minimum atomic E-state index is -1.25. The van der Waals surface area contributed by atoms with E-state index >= 15 is 0 Å². The fourth-order valence-corrected chi connectivity index (χ4v) is 2.19. The second-order valence-electron chi connectivity index (χ2n) is 4.34. The second-order valence-corrected chi connectivity index (χ2v) is 5.26. The molecular weight excluding hydrogens is 349 g/mol. The maximum absolute atomic E-state index is 13.7. The van der Waals surface area contributed by atoms with Gasteiger partial charge in [-0.25, -0.2) is 14.0 Å². The molecule has 1 aromatic carbocycles. The zero-order valence-corrected chi connectivity index (χ0v) is 12.2. The first-order chi connectivity index (χ1) is 9.88. The lowest BCUT2D eigenvalue weighted by atomic mass is 10.2. The highest BCUT2D eigenvalue weighted by Gasteiger charge is 2.35. The van der Waals surface area contributed by atoms with Crippen molar-refractivity contribution in [3.63, 3.8) is 0 Å². The molecule has 1 aromatic rings. The summed E-state index contributed by atoms with van der Waals surface area (Å²) in [4.78, 5) is 35.3. The summed E-state index contributed by atoms with van der Waals surface area (Å²) in [5.41, 5.74) is -0.0988. The molecule has 9 heteroatoms. The number of amides is 3. The Morgan fingerprint density at radius 2 is 2.19 bits per heavy atom. The maximum atomic E-state index is 13.7. The topological polar surface area (TPSA) is 98.7 Å². The normalized spacial score (nSPS) is 18.1. The van der Waals surface area contributed by atoms with Gasteiger partial charge in [0.05, 0.1) is 5.69 Å². The molecule has 2 rings (SSSR count). The Hall–Kier alpha value is -2.16. The van der Waals surface area contributed by atoms with Crippen LogP contribution in [0, 0.1) is 5.82 Å². The second kappa shape index (κ2) is 6.08. The molecule has 112 valence electrons. The number of rotatable bonds is 2. The van der Waals surface area contributed by atoms with E-state index in [1.54, 1.807) is 0 Å². The van der Waals surface area contributed by atoms with Gasteiger partial charge in [-0.05, 0) is 18.2 Å². The predicted octanol–water partition coefficient (Wildman–Crippen LogP) is 1.01. The van der Waals surface area contributed by atoms with Gasteiger partial charge in [0.15, 0.2) is 0 Å². The van der Waals surface area contributed by atoms with Crippen LogP contribution in [-0.4, -0.2) is 47.0 Å². The van der Waals surface area contributed by atoms with E-state index in [0.717, 1.165) is 11.0 Å². The van der Waals surface area contributed by atoms with Crippen molar-refractivity contribution in [2.45, 2.75) is 6.04 Å². The van der Waals surface area contributed by atoms with Crippen molar-refractivity contribution < 1.29 is 23.9 Å². The summed E-state index contributed by atoms with van der Waals surface area (Å²) in [6, 6.07) is 1.97. The number of halogens is 2. The highest BCUT2D eigenvalue weighted by Crippen LogP contribution is 2.20. The predicted molar refractivity (Wildman–Crippen MR) is 74.3 cm³/mol. The molecule has 0 spiro atoms. The zero-order valence-electron chi connectivity index (χ0n) is 10.6. The molecule has 0 saturated carbocycles. The fourth-order valence-electron chi connectivity index (χ4n) is 1.85. The molecular formula is C12H11BrFN3O4. The molecule has 21 heavy (non-hydrogen) atoms. The van der Waals surface area contributed by atoms with Crippen molar-refractivity contribution in [2.75, 3.05) is 18.4 Å². The van der Waals surface area contributed by atoms with E-state index < -0.39 is 36.3 Å². The average Bonchev–Trinajstić information content (AvgIpc) is 2.41. The van der Waals surface area contributed by atoms with Gasteiger partial charge < -0.3 is 15.7 Å². The third-order valence-corrected chi connectivity index (χ3v) is 3.39. The highest BCUT2D eigenvalue weighted by molar-refractivity contribution is 9.10. The van der Waals surface area contributed by atoms with Crippen LogP contribution in [0.5, 0.6) is 0 Å². The number of nitrogens with one attached hydrogen (secondary N) is 2. The monoisotopic (exact) mass is 359 g/mol. The number of carbonyl (C=O) groups excluding carboxylic acids is 2. The van der Waals surface area contributed by atoms with Crippen molar-refractivity contribution >= 4 is 39.5 Å². The molecule has 3 N–H and O–H groups in total. The Morgan fingerprint density at radius 3 is 2.81 bits per heavy atom. The van der Waals surface area contributed by atoms with Crippen LogP contribution in [0.3, 0.4) is 0 Å². The Morgan fingerprint density at radius 1 is 1.48 bits per heavy atom. The quantitative estimate of drug-likeness (QED) is 0.733. The molecule has 1 aliphatic rings. The largest absolute Gasteiger partial charge is 0.480 e. The number of benzene rings is 1. The van der Waals surface area contributed by atoms with E-state index in [1.165, 1.54) is 12.1 Å². The third-order valence-electron chi connectivity index (χ3n) is 2.90. The first kappa shape index (κ1) is 15.2. The summed E-state index contributed by atoms with van der Waals surface area (Å²) in [5, 5.41) is 13.7. The number of piperazine rings is 1. The minimum Gasteiger partial charge on any atom is -0.480 e. The lowest BCUT2D eigenvalue weighted by Crippen LogP contribution is -2.60. The van der Waals surface area contributed by atoms with Crippen molar-refractivity contribution in [3.05, 3.63) is 28.5 Å². The van der Waals surface area contributed by atoms with E-state index in [4.69, 9.17) is 5.11 Å². The summed E-state index contributed by atoms with van der Waals surface area (Å²) in [5.74, 6) is -2.40. The Balaban J connectivity index is 2.17. The standard InChI is InChI=1S/C12H11BrFN3O4/c13-6-1-2-8(7(14)3-6)16-12(21)17-5-10(18)15-4-9(17)11(19)20/h1-3,9H,4-5H2,(H,15,18)(H,16,21)(H,19,20). The fraction of sp³-hybridized carbons (Fsp3) is 0.250. The molecule has 3 amide bonds. The van der Waals surface area contributed by atoms with Gasteiger partial charge in [-0.1, -0.05) is 15.9 Å². The smallest absolute Gasteiger partial charge is 0.328 e. The van der Waals surface area contributed by atoms with Gasteiger partial charge in [-0.2, -0.15) is 0 Å². The van der Waals surface area contributed by atoms with Crippen LogP contribution in [0.25, 0.3) is 0 Å². The molecule has 1 fully saturated rings. The van der Waals surface area contributed by atoms with Crippen molar-refractivity contribution in [1.29, 1.82) is 0 Å². The molecule has 0 aromatic heterocycles. The van der Waals surface area contributed by atoms with E-state index in [0.29, 0.717) is 4.47 Å². The summed E-state index contributed by atoms with van der Waals surface area (Å²) < 4.78 is 14.2. The SMILES string of the molecule is O=C1CN(C(=O)Nc2ccc(Br)cc2F)C(C(=O)O)CN1. The summed E-state index contributed by atoms with van der Waals surface area (Å²) in [6.07, 6.45) is 0. The van der Waals surface area contributed by atoms with Crippen LogP contribution in [-0.2, 0) is 9.59 Å². The van der Waals surface area contributed by atoms with Crippen molar-refractivity contribution in [3.8, 4) is 0 Å². The number of nitrogens with zero attached hydrogens (tertiary/aromatic N) is 1. The summed E-state index contributed by atoms with van der Waals surface area (Å²) >= 11 is 3.08. The van der Waals surface area contributed by atoms with E-state index in [1.807, 2.05) is 0 Å². The first-order valence-corrected chi connectivity index (χ1v) is 6.70. The highest BCUT2D eigenvalue weighted by atomic mass is 79.9. The van der Waals surface area contributed by atoms with Crippen molar-refractivity contribution in [2.24, 2.45) is 0 Å². The molecule has 1 unspecified atom stereocenters. The summed E-state index contributed by atoms with van der Waals surface area (Å²) in [6.45, 7) is -0.592. The Labute approximate surface area is 127 Å². The van der Waals surface area contributed by atoms with Crippen LogP contribution in [0.2, 0.25) is 0 Å². The number of carboxylic acids is 1. The number of hydrogen-bond acceptors (Lipinski definition) is 3. The first-order valence-electron chi connectivity index (χ1n) is 5.90. The molecule has 0 radical (unpaired) electrons. The zero-order chi connectivity index (χ0) is 15.6. The van der Waals surface area contributed by atoms with E-state index in [2.05, 4.69) is 26.6 Å². The van der Waals surface area contributed by atoms with Crippen LogP contribution in [0.1, 0.15) is 0 Å². The lowest BCUT2D eigenvalue weighted by Gasteiger charge is -2.32. The summed E-state index contributed by atoms with van der Waals surface area (Å²) in [7, 11) is 0. The van der Waals surface area contributed by atoms with Crippen molar-refractivity contribution in [1.82, 2.24) is 10.2 Å². The van der Waals surface area contributed by atoms with Gasteiger partial charge >= 0.3 is 12.0 Å². The number of anilines is 1. The van der Waals surface area contributed by atoms with Crippen LogP contribution in [0.4, 0.5) is 14.9 Å². The van der Waals surface area contributed by atoms with Gasteiger partial charge in [0.1, 0.15) is 18.4 Å². The molecule has 1 aliphatic heterocycles. The van der Waals surface area contributed by atoms with Gasteiger partial charge in [-0.3, -0.25) is 9.69 Å². The van der Waals surface area contributed by atoms with Crippen LogP contribution < -0.4 is 10.6 Å². The van der Waals surface area contributed by atoms with E-state index in [9.17, 15) is 18.8 Å². The molecule has 0 bridgehead atoms. The molecule has 1 saturated heterocycles. The Bertz CT molecular complexity index is 610. The van der Waals surface area contributed by atoms with Gasteiger partial charge in [-0.15, -0.1) is 0 Å². The molecule has 0 aliphatic carbocycles. The number of aliphatic carboxylic acids is 1. The molecule has 1 atom stereocenters. The van der Waals surface area contributed by atoms with Gasteiger partial charge in [0.2, 0.25) is 5.91 Å².